The SMILES string of the molecule is FC(F)(F)c1ccc2c3c([nH]c2c1)C[C@@H]1CCCN1CC3. The number of fused-ring (bicyclic) bond motifs is 4. The minimum absolute atomic E-state index is 0.557. The quantitative estimate of drug-likeness (QED) is 0.784. The molecule has 1 atom stereocenters. The Labute approximate surface area is 120 Å². The van der Waals surface area contributed by atoms with E-state index in [2.05, 4.69) is 9.88 Å². The molecule has 21 heavy (non-hydrogen) atoms. The molecule has 5 heteroatoms. The Balaban J connectivity index is 1.78. The molecule has 2 aliphatic rings. The van der Waals surface area contributed by atoms with Crippen LogP contribution < -0.4 is 0 Å². The summed E-state index contributed by atoms with van der Waals surface area (Å²) < 4.78 is 38.5. The fraction of sp³-hybridized carbons (Fsp3) is 0.500. The number of nitrogens with zero attached hydrogens (tertiary/aromatic N) is 1. The molecular weight excluding hydrogens is 277 g/mol. The van der Waals surface area contributed by atoms with E-state index in [0.717, 1.165) is 37.0 Å². The first-order valence-corrected chi connectivity index (χ1v) is 7.47. The summed E-state index contributed by atoms with van der Waals surface area (Å²) in [5, 5.41) is 0.958. The van der Waals surface area contributed by atoms with Crippen molar-refractivity contribution in [3.63, 3.8) is 0 Å². The minimum Gasteiger partial charge on any atom is -0.358 e. The van der Waals surface area contributed by atoms with Crippen molar-refractivity contribution in [2.24, 2.45) is 0 Å². The van der Waals surface area contributed by atoms with Gasteiger partial charge in [-0.2, -0.15) is 13.2 Å². The third-order valence-corrected chi connectivity index (χ3v) is 4.91. The lowest BCUT2D eigenvalue weighted by Gasteiger charge is -2.20. The number of aromatic nitrogens is 1. The van der Waals surface area contributed by atoms with Crippen LogP contribution in [0.15, 0.2) is 18.2 Å². The zero-order valence-corrected chi connectivity index (χ0v) is 11.6. The van der Waals surface area contributed by atoms with Gasteiger partial charge in [0, 0.05) is 35.6 Å². The molecule has 1 fully saturated rings. The Hall–Kier alpha value is -1.49. The molecular formula is C16H17F3N2. The highest BCUT2D eigenvalue weighted by Crippen LogP contribution is 2.35. The van der Waals surface area contributed by atoms with Gasteiger partial charge in [-0.15, -0.1) is 0 Å². The van der Waals surface area contributed by atoms with E-state index in [-0.39, 0.29) is 0 Å². The average Bonchev–Trinajstić information content (AvgIpc) is 2.96. The Morgan fingerprint density at radius 3 is 2.86 bits per heavy atom. The van der Waals surface area contributed by atoms with Crippen molar-refractivity contribution in [3.05, 3.63) is 35.0 Å². The highest BCUT2D eigenvalue weighted by Gasteiger charge is 2.32. The van der Waals surface area contributed by atoms with Gasteiger partial charge in [-0.25, -0.2) is 0 Å². The molecule has 2 aromatic rings. The predicted octanol–water partition coefficient (Wildman–Crippen LogP) is 3.75. The Morgan fingerprint density at radius 2 is 2.05 bits per heavy atom. The van der Waals surface area contributed by atoms with Crippen LogP contribution in [0.2, 0.25) is 0 Å². The van der Waals surface area contributed by atoms with E-state index in [0.29, 0.717) is 11.6 Å². The molecule has 2 aliphatic heterocycles. The van der Waals surface area contributed by atoms with Crippen molar-refractivity contribution in [2.45, 2.75) is 37.9 Å². The monoisotopic (exact) mass is 294 g/mol. The van der Waals surface area contributed by atoms with Crippen molar-refractivity contribution in [1.82, 2.24) is 9.88 Å². The number of H-pyrrole nitrogens is 1. The number of rotatable bonds is 0. The second-order valence-electron chi connectivity index (χ2n) is 6.13. The van der Waals surface area contributed by atoms with Gasteiger partial charge in [0.15, 0.2) is 0 Å². The molecule has 1 aromatic carbocycles. The first-order chi connectivity index (χ1) is 10.0. The zero-order valence-electron chi connectivity index (χ0n) is 11.6. The van der Waals surface area contributed by atoms with Crippen molar-refractivity contribution in [1.29, 1.82) is 0 Å². The molecule has 4 rings (SSSR count). The minimum atomic E-state index is -4.28. The van der Waals surface area contributed by atoms with Crippen LogP contribution in [0.1, 0.15) is 29.7 Å². The summed E-state index contributed by atoms with van der Waals surface area (Å²) >= 11 is 0. The van der Waals surface area contributed by atoms with Crippen molar-refractivity contribution >= 4 is 10.9 Å². The van der Waals surface area contributed by atoms with Crippen LogP contribution >= 0.6 is 0 Å². The third-order valence-electron chi connectivity index (χ3n) is 4.91. The van der Waals surface area contributed by atoms with E-state index in [9.17, 15) is 13.2 Å². The van der Waals surface area contributed by atoms with Crippen molar-refractivity contribution in [2.75, 3.05) is 13.1 Å². The number of alkyl halides is 3. The van der Waals surface area contributed by atoms with Crippen molar-refractivity contribution in [3.8, 4) is 0 Å². The summed E-state index contributed by atoms with van der Waals surface area (Å²) in [6.07, 6.45) is 0.0164. The van der Waals surface area contributed by atoms with E-state index >= 15 is 0 Å². The van der Waals surface area contributed by atoms with Gasteiger partial charge < -0.3 is 4.98 Å². The normalized spacial score (nSPS) is 23.1. The average molecular weight is 294 g/mol. The number of halogens is 3. The fourth-order valence-corrected chi connectivity index (χ4v) is 3.86. The van der Waals surface area contributed by atoms with Gasteiger partial charge in [0.05, 0.1) is 5.56 Å². The summed E-state index contributed by atoms with van der Waals surface area (Å²) in [6.45, 7) is 2.18. The second kappa shape index (κ2) is 4.50. The van der Waals surface area contributed by atoms with Gasteiger partial charge in [-0.1, -0.05) is 6.07 Å². The van der Waals surface area contributed by atoms with E-state index < -0.39 is 11.7 Å². The van der Waals surface area contributed by atoms with E-state index in [1.54, 1.807) is 6.07 Å². The molecule has 1 aromatic heterocycles. The lowest BCUT2D eigenvalue weighted by atomic mass is 10.0. The van der Waals surface area contributed by atoms with Crippen LogP contribution in [0.3, 0.4) is 0 Å². The summed E-state index contributed by atoms with van der Waals surface area (Å²) in [4.78, 5) is 5.77. The van der Waals surface area contributed by atoms with Gasteiger partial charge in [0.1, 0.15) is 0 Å². The Bertz CT molecular complexity index is 687. The molecule has 0 amide bonds. The topological polar surface area (TPSA) is 19.0 Å². The molecule has 0 spiro atoms. The fourth-order valence-electron chi connectivity index (χ4n) is 3.86. The number of hydrogen-bond donors (Lipinski definition) is 1. The Kier molecular flexibility index (Phi) is 2.83. The van der Waals surface area contributed by atoms with Gasteiger partial charge in [-0.3, -0.25) is 4.90 Å². The molecule has 0 radical (unpaired) electrons. The molecule has 1 N–H and O–H groups in total. The van der Waals surface area contributed by atoms with Crippen LogP contribution in [0.5, 0.6) is 0 Å². The lowest BCUT2D eigenvalue weighted by molar-refractivity contribution is -0.137. The molecule has 0 unspecified atom stereocenters. The van der Waals surface area contributed by atoms with Crippen LogP contribution in [-0.2, 0) is 19.0 Å². The maximum absolute atomic E-state index is 12.8. The largest absolute Gasteiger partial charge is 0.416 e. The second-order valence-corrected chi connectivity index (χ2v) is 6.13. The van der Waals surface area contributed by atoms with Gasteiger partial charge in [0.2, 0.25) is 0 Å². The number of hydrogen-bond acceptors (Lipinski definition) is 1. The number of aromatic amines is 1. The molecule has 0 aliphatic carbocycles. The molecule has 0 saturated carbocycles. The Morgan fingerprint density at radius 1 is 1.19 bits per heavy atom. The summed E-state index contributed by atoms with van der Waals surface area (Å²) in [6, 6.07) is 4.63. The van der Waals surface area contributed by atoms with E-state index in [1.807, 2.05) is 0 Å². The van der Waals surface area contributed by atoms with Crippen LogP contribution in [-0.4, -0.2) is 29.0 Å². The smallest absolute Gasteiger partial charge is 0.358 e. The van der Waals surface area contributed by atoms with Gasteiger partial charge in [-0.05, 0) is 43.5 Å². The zero-order chi connectivity index (χ0) is 14.6. The first kappa shape index (κ1) is 13.2. The van der Waals surface area contributed by atoms with Crippen LogP contribution in [0.4, 0.5) is 13.2 Å². The predicted molar refractivity (Wildman–Crippen MR) is 75.3 cm³/mol. The first-order valence-electron chi connectivity index (χ1n) is 7.47. The summed E-state index contributed by atoms with van der Waals surface area (Å²) in [5.41, 5.74) is 2.40. The molecule has 1 saturated heterocycles. The maximum Gasteiger partial charge on any atom is 0.416 e. The molecule has 2 nitrogen and oxygen atoms in total. The standard InChI is InChI=1S/C16H17F3N2/c17-16(18,19)10-3-4-12-13-5-7-21-6-1-2-11(21)9-15(13)20-14(12)8-10/h3-4,8,11,20H,1-2,5-7,9H2/t11-/m0/s1. The summed E-state index contributed by atoms with van der Waals surface area (Å²) in [5.74, 6) is 0. The van der Waals surface area contributed by atoms with Gasteiger partial charge in [0.25, 0.3) is 0 Å². The molecule has 3 heterocycles. The van der Waals surface area contributed by atoms with Crippen LogP contribution in [0, 0.1) is 0 Å². The van der Waals surface area contributed by atoms with Crippen molar-refractivity contribution < 1.29 is 13.2 Å². The highest BCUT2D eigenvalue weighted by atomic mass is 19.4. The molecule has 112 valence electrons. The maximum atomic E-state index is 12.8. The number of nitrogens with one attached hydrogen (secondary N) is 1. The van der Waals surface area contributed by atoms with Gasteiger partial charge >= 0.3 is 6.18 Å². The van der Waals surface area contributed by atoms with E-state index in [1.165, 1.54) is 30.5 Å². The van der Waals surface area contributed by atoms with E-state index in [4.69, 9.17) is 0 Å². The number of benzene rings is 1. The lowest BCUT2D eigenvalue weighted by Crippen LogP contribution is -2.30. The molecule has 0 bridgehead atoms. The van der Waals surface area contributed by atoms with Crippen LogP contribution in [0.25, 0.3) is 10.9 Å². The third kappa shape index (κ3) is 2.14. The highest BCUT2D eigenvalue weighted by molar-refractivity contribution is 5.85. The summed E-state index contributed by atoms with van der Waals surface area (Å²) in [7, 11) is 0.